The molecule has 0 fully saturated rings. The Labute approximate surface area is 172 Å². The average Bonchev–Trinajstić information content (AvgIpc) is 3.04. The average molecular weight is 469 g/mol. The number of ether oxygens (including phenoxy) is 1. The van der Waals surface area contributed by atoms with E-state index in [1.54, 1.807) is 44.4 Å². The molecule has 1 unspecified atom stereocenters. The summed E-state index contributed by atoms with van der Waals surface area (Å²) in [6.45, 7) is 1.61. The molecule has 146 valence electrons. The SMILES string of the molecule is COc1ccc(-[n+]2[nH]oc(=O)c2SC(C)C(=O)Nc2ccc(Br)cc2F)cc1. The number of thioether (sulfide) groups is 1. The Morgan fingerprint density at radius 1 is 1.32 bits per heavy atom. The number of halogens is 2. The highest BCUT2D eigenvalue weighted by Crippen LogP contribution is 2.23. The van der Waals surface area contributed by atoms with Crippen LogP contribution in [0.5, 0.6) is 5.75 Å². The van der Waals surface area contributed by atoms with Crippen molar-refractivity contribution in [2.75, 3.05) is 12.4 Å². The highest BCUT2D eigenvalue weighted by Gasteiger charge is 2.29. The number of nitrogens with zero attached hydrogens (tertiary/aromatic N) is 1. The van der Waals surface area contributed by atoms with Crippen molar-refractivity contribution >= 4 is 39.3 Å². The summed E-state index contributed by atoms with van der Waals surface area (Å²) in [6, 6.07) is 11.3. The van der Waals surface area contributed by atoms with Crippen molar-refractivity contribution < 1.29 is 23.1 Å². The fourth-order valence-corrected chi connectivity index (χ4v) is 3.53. The number of rotatable bonds is 6. The molecule has 10 heteroatoms. The molecule has 1 heterocycles. The number of benzene rings is 2. The van der Waals surface area contributed by atoms with Gasteiger partial charge in [-0.1, -0.05) is 15.9 Å². The molecule has 0 radical (unpaired) electrons. The lowest BCUT2D eigenvalue weighted by Gasteiger charge is -2.10. The van der Waals surface area contributed by atoms with E-state index in [1.807, 2.05) is 0 Å². The lowest BCUT2D eigenvalue weighted by Crippen LogP contribution is -2.37. The highest BCUT2D eigenvalue weighted by atomic mass is 79.9. The van der Waals surface area contributed by atoms with Crippen LogP contribution in [0.25, 0.3) is 5.69 Å². The van der Waals surface area contributed by atoms with Crippen molar-refractivity contribution in [1.29, 1.82) is 0 Å². The fraction of sp³-hybridized carbons (Fsp3) is 0.167. The normalized spacial score (nSPS) is 11.9. The monoisotopic (exact) mass is 468 g/mol. The molecule has 0 saturated carbocycles. The topological polar surface area (TPSA) is 88.2 Å². The van der Waals surface area contributed by atoms with Crippen LogP contribution >= 0.6 is 27.7 Å². The molecule has 1 aromatic heterocycles. The molecule has 3 rings (SSSR count). The van der Waals surface area contributed by atoms with E-state index in [0.717, 1.165) is 11.8 Å². The zero-order chi connectivity index (χ0) is 20.3. The smallest absolute Gasteiger partial charge is 0.442 e. The van der Waals surface area contributed by atoms with Crippen LogP contribution in [0.1, 0.15) is 6.92 Å². The molecule has 0 aliphatic heterocycles. The van der Waals surface area contributed by atoms with E-state index < -0.39 is 22.6 Å². The van der Waals surface area contributed by atoms with E-state index in [-0.39, 0.29) is 10.7 Å². The van der Waals surface area contributed by atoms with E-state index in [0.29, 0.717) is 15.9 Å². The predicted molar refractivity (Wildman–Crippen MR) is 105 cm³/mol. The van der Waals surface area contributed by atoms with Crippen molar-refractivity contribution in [1.82, 2.24) is 5.27 Å². The lowest BCUT2D eigenvalue weighted by molar-refractivity contribution is -0.704. The van der Waals surface area contributed by atoms with Gasteiger partial charge in [-0.2, -0.15) is 0 Å². The van der Waals surface area contributed by atoms with Gasteiger partial charge in [0.15, 0.2) is 0 Å². The molecule has 0 spiro atoms. The van der Waals surface area contributed by atoms with E-state index in [2.05, 4.69) is 26.5 Å². The van der Waals surface area contributed by atoms with Crippen molar-refractivity contribution in [3.63, 3.8) is 0 Å². The van der Waals surface area contributed by atoms with Crippen LogP contribution in [-0.4, -0.2) is 23.5 Å². The van der Waals surface area contributed by atoms with Crippen LogP contribution in [0.3, 0.4) is 0 Å². The maximum atomic E-state index is 13.9. The summed E-state index contributed by atoms with van der Waals surface area (Å²) < 4.78 is 25.9. The Kier molecular flexibility index (Phi) is 6.20. The van der Waals surface area contributed by atoms with E-state index in [4.69, 9.17) is 9.26 Å². The summed E-state index contributed by atoms with van der Waals surface area (Å²) in [6.07, 6.45) is 0. The minimum absolute atomic E-state index is 0.0600. The van der Waals surface area contributed by atoms with Gasteiger partial charge in [-0.25, -0.2) is 9.18 Å². The van der Waals surface area contributed by atoms with Gasteiger partial charge in [0.25, 0.3) is 0 Å². The summed E-state index contributed by atoms with van der Waals surface area (Å²) in [5.41, 5.74) is 0.0702. The third-order valence-electron chi connectivity index (χ3n) is 3.78. The molecule has 2 N–H and O–H groups in total. The van der Waals surface area contributed by atoms with Crippen LogP contribution in [0.15, 0.2) is 61.3 Å². The van der Waals surface area contributed by atoms with Crippen LogP contribution in [0.2, 0.25) is 0 Å². The number of hydrogen-bond donors (Lipinski definition) is 2. The molecule has 3 aromatic rings. The van der Waals surface area contributed by atoms with Gasteiger partial charge < -0.3 is 10.1 Å². The largest absolute Gasteiger partial charge is 0.497 e. The molecule has 0 aliphatic carbocycles. The first-order valence-electron chi connectivity index (χ1n) is 8.09. The van der Waals surface area contributed by atoms with Gasteiger partial charge in [0.1, 0.15) is 11.6 Å². The second-order valence-corrected chi connectivity index (χ2v) is 7.94. The first kappa shape index (κ1) is 20.2. The number of carbonyl (C=O) groups is 1. The third kappa shape index (κ3) is 4.45. The second-order valence-electron chi connectivity index (χ2n) is 5.69. The van der Waals surface area contributed by atoms with Gasteiger partial charge in [-0.3, -0.25) is 9.32 Å². The molecule has 7 nitrogen and oxygen atoms in total. The minimum atomic E-state index is -0.689. The lowest BCUT2D eigenvalue weighted by atomic mass is 10.3. The van der Waals surface area contributed by atoms with Gasteiger partial charge in [0.05, 0.1) is 18.0 Å². The maximum absolute atomic E-state index is 13.9. The van der Waals surface area contributed by atoms with Crippen LogP contribution in [-0.2, 0) is 4.79 Å². The number of amides is 1. The van der Waals surface area contributed by atoms with Gasteiger partial charge in [-0.15, -0.1) is 0 Å². The zero-order valence-corrected chi connectivity index (χ0v) is 17.3. The van der Waals surface area contributed by atoms with Crippen LogP contribution in [0, 0.1) is 5.82 Å². The van der Waals surface area contributed by atoms with Gasteiger partial charge in [0.2, 0.25) is 11.6 Å². The number of nitrogens with one attached hydrogen (secondary N) is 2. The van der Waals surface area contributed by atoms with Crippen LogP contribution in [0.4, 0.5) is 10.1 Å². The quantitative estimate of drug-likeness (QED) is 0.428. The third-order valence-corrected chi connectivity index (χ3v) is 5.42. The number of hydrogen-bond acceptors (Lipinski definition) is 5. The Morgan fingerprint density at radius 2 is 2.04 bits per heavy atom. The molecule has 0 bridgehead atoms. The minimum Gasteiger partial charge on any atom is -0.497 e. The van der Waals surface area contributed by atoms with E-state index in [1.165, 1.54) is 16.8 Å². The number of H-pyrrole nitrogens is 1. The number of anilines is 1. The van der Waals surface area contributed by atoms with Crippen molar-refractivity contribution in [2.45, 2.75) is 17.2 Å². The molecule has 1 atom stereocenters. The van der Waals surface area contributed by atoms with E-state index in [9.17, 15) is 14.0 Å². The Balaban J connectivity index is 1.78. The Hall–Kier alpha value is -2.59. The molecule has 0 saturated heterocycles. The maximum Gasteiger partial charge on any atom is 0.442 e. The molecular formula is C18H16BrFN3O4S+. The number of carbonyl (C=O) groups excluding carboxylic acids is 1. The predicted octanol–water partition coefficient (Wildman–Crippen LogP) is 3.27. The highest BCUT2D eigenvalue weighted by molar-refractivity contribution is 9.10. The Morgan fingerprint density at radius 3 is 2.68 bits per heavy atom. The number of aromatic amines is 1. The first-order chi connectivity index (χ1) is 13.4. The summed E-state index contributed by atoms with van der Waals surface area (Å²) in [7, 11) is 1.55. The molecule has 2 aromatic carbocycles. The van der Waals surface area contributed by atoms with Crippen molar-refractivity contribution in [3.05, 3.63) is 63.2 Å². The number of aromatic nitrogens is 2. The first-order valence-corrected chi connectivity index (χ1v) is 9.77. The Bertz CT molecular complexity index is 1050. The fourth-order valence-electron chi connectivity index (χ4n) is 2.31. The summed E-state index contributed by atoms with van der Waals surface area (Å²) >= 11 is 4.16. The summed E-state index contributed by atoms with van der Waals surface area (Å²) in [5, 5.41) is 4.52. The standard InChI is InChI=1S/C18H15BrFN3O4S/c1-10(16(24)21-15-8-3-11(19)9-14(15)20)28-17-18(25)27-22-23(17)12-4-6-13(26-2)7-5-12/h3-10H,1-2H3,(H-,21,22,24,25)/p+1. The molecular weight excluding hydrogens is 453 g/mol. The van der Waals surface area contributed by atoms with Gasteiger partial charge in [0, 0.05) is 16.6 Å². The number of methoxy groups -OCH3 is 1. The van der Waals surface area contributed by atoms with Crippen molar-refractivity contribution in [3.8, 4) is 11.4 Å². The van der Waals surface area contributed by atoms with Crippen molar-refractivity contribution in [2.24, 2.45) is 0 Å². The molecule has 28 heavy (non-hydrogen) atoms. The second kappa shape index (κ2) is 8.61. The zero-order valence-electron chi connectivity index (χ0n) is 14.9. The molecule has 0 aliphatic rings. The summed E-state index contributed by atoms with van der Waals surface area (Å²) in [5.74, 6) is -0.351. The van der Waals surface area contributed by atoms with E-state index >= 15 is 0 Å². The van der Waals surface area contributed by atoms with Gasteiger partial charge >= 0.3 is 10.7 Å². The van der Waals surface area contributed by atoms with Gasteiger partial charge in [-0.05, 0) is 59.0 Å². The summed E-state index contributed by atoms with van der Waals surface area (Å²) in [4.78, 5) is 24.5. The molecule has 1 amide bonds. The van der Waals surface area contributed by atoms with Crippen LogP contribution < -0.4 is 20.4 Å².